The van der Waals surface area contributed by atoms with Crippen molar-refractivity contribution in [2.75, 3.05) is 39.3 Å². The number of amides is 3. The number of hydrogen-bond donors (Lipinski definition) is 3. The summed E-state index contributed by atoms with van der Waals surface area (Å²) in [7, 11) is 0. The van der Waals surface area contributed by atoms with Gasteiger partial charge in [-0.25, -0.2) is 14.4 Å². The molecular formula is C33H66N4O6. The molecule has 0 bridgehead atoms. The van der Waals surface area contributed by atoms with Gasteiger partial charge in [0.05, 0.1) is 0 Å². The molecule has 10 nitrogen and oxygen atoms in total. The monoisotopic (exact) mass is 614 g/mol. The van der Waals surface area contributed by atoms with Gasteiger partial charge in [-0.2, -0.15) is 0 Å². The van der Waals surface area contributed by atoms with Crippen molar-refractivity contribution < 1.29 is 28.6 Å². The summed E-state index contributed by atoms with van der Waals surface area (Å²) < 4.78 is 16.1. The number of unbranched alkanes of at least 4 members (excludes halogenated alkanes) is 9. The first-order valence-electron chi connectivity index (χ1n) is 16.6. The molecular weight excluding hydrogens is 548 g/mol. The third-order valence-electron chi connectivity index (χ3n) is 6.15. The Hall–Kier alpha value is -2.23. The summed E-state index contributed by atoms with van der Waals surface area (Å²) in [6.45, 7) is 20.9. The van der Waals surface area contributed by atoms with Crippen molar-refractivity contribution in [3.05, 3.63) is 0 Å². The number of ether oxygens (including phenoxy) is 3. The van der Waals surface area contributed by atoms with E-state index in [0.29, 0.717) is 32.6 Å². The van der Waals surface area contributed by atoms with Crippen LogP contribution in [0, 0.1) is 0 Å². The van der Waals surface area contributed by atoms with Gasteiger partial charge < -0.3 is 35.1 Å². The van der Waals surface area contributed by atoms with Crippen LogP contribution in [0.5, 0.6) is 0 Å². The van der Waals surface area contributed by atoms with Gasteiger partial charge in [-0.3, -0.25) is 0 Å². The van der Waals surface area contributed by atoms with Crippen molar-refractivity contribution in [1.29, 1.82) is 0 Å². The lowest BCUT2D eigenvalue weighted by Crippen LogP contribution is -2.39. The van der Waals surface area contributed by atoms with Crippen molar-refractivity contribution in [3.63, 3.8) is 0 Å². The number of carbonyl (C=O) groups is 3. The third kappa shape index (κ3) is 29.6. The van der Waals surface area contributed by atoms with Crippen LogP contribution in [0.25, 0.3) is 0 Å². The van der Waals surface area contributed by atoms with Crippen LogP contribution in [0.15, 0.2) is 0 Å². The molecule has 0 aliphatic rings. The van der Waals surface area contributed by atoms with Gasteiger partial charge in [-0.15, -0.1) is 0 Å². The lowest BCUT2D eigenvalue weighted by Gasteiger charge is -2.27. The van der Waals surface area contributed by atoms with Crippen LogP contribution in [0.3, 0.4) is 0 Å². The van der Waals surface area contributed by atoms with E-state index >= 15 is 0 Å². The minimum Gasteiger partial charge on any atom is -0.444 e. The average molecular weight is 615 g/mol. The average Bonchev–Trinajstić information content (AvgIpc) is 2.83. The fourth-order valence-electron chi connectivity index (χ4n) is 4.21. The van der Waals surface area contributed by atoms with Gasteiger partial charge in [0.1, 0.15) is 16.8 Å². The lowest BCUT2D eigenvalue weighted by molar-refractivity contribution is 0.0244. The quantitative estimate of drug-likeness (QED) is 0.0903. The summed E-state index contributed by atoms with van der Waals surface area (Å²) in [5.74, 6) is 0. The van der Waals surface area contributed by atoms with Crippen molar-refractivity contribution in [3.8, 4) is 0 Å². The highest BCUT2D eigenvalue weighted by molar-refractivity contribution is 5.68. The Labute approximate surface area is 263 Å². The van der Waals surface area contributed by atoms with E-state index in [4.69, 9.17) is 14.2 Å². The molecule has 0 aliphatic heterocycles. The summed E-state index contributed by atoms with van der Waals surface area (Å²) in [6, 6.07) is 0. The Bertz CT molecular complexity index is 756. The Balaban J connectivity index is 3.85. The largest absolute Gasteiger partial charge is 0.444 e. The summed E-state index contributed by atoms with van der Waals surface area (Å²) >= 11 is 0. The zero-order chi connectivity index (χ0) is 32.8. The Kier molecular flexibility index (Phi) is 21.1. The van der Waals surface area contributed by atoms with Crippen LogP contribution in [0.1, 0.15) is 139 Å². The standard InChI is InChI=1S/C33H66N4O6/c1-31(2,3)41-28(38)35-24-20-23-34-22-18-16-14-12-10-11-13-15-17-19-26-37(30(40)43-33(7,8)9)27-21-25-36-29(39)42-32(4,5)6/h34H,10-27H2,1-9H3,(H,35,38)(H,36,39). The Morgan fingerprint density at radius 3 is 1.30 bits per heavy atom. The maximum Gasteiger partial charge on any atom is 0.410 e. The predicted octanol–water partition coefficient (Wildman–Crippen LogP) is 7.54. The summed E-state index contributed by atoms with van der Waals surface area (Å²) in [6.07, 6.45) is 12.4. The van der Waals surface area contributed by atoms with Crippen LogP contribution in [-0.2, 0) is 14.2 Å². The van der Waals surface area contributed by atoms with Crippen LogP contribution in [0.4, 0.5) is 14.4 Å². The molecule has 0 spiro atoms. The molecule has 0 aromatic heterocycles. The summed E-state index contributed by atoms with van der Waals surface area (Å²) in [4.78, 5) is 37.9. The molecule has 0 heterocycles. The van der Waals surface area contributed by atoms with E-state index in [9.17, 15) is 14.4 Å². The maximum absolute atomic E-state index is 12.7. The number of nitrogens with zero attached hydrogens (tertiary/aromatic N) is 1. The molecule has 3 N–H and O–H groups in total. The maximum atomic E-state index is 12.7. The molecule has 10 heteroatoms. The Morgan fingerprint density at radius 2 is 0.837 bits per heavy atom. The van der Waals surface area contributed by atoms with Crippen LogP contribution < -0.4 is 16.0 Å². The molecule has 0 aromatic carbocycles. The zero-order valence-electron chi connectivity index (χ0n) is 29.1. The van der Waals surface area contributed by atoms with Crippen molar-refractivity contribution in [1.82, 2.24) is 20.9 Å². The summed E-state index contributed by atoms with van der Waals surface area (Å²) in [5, 5.41) is 8.98. The fraction of sp³-hybridized carbons (Fsp3) is 0.909. The van der Waals surface area contributed by atoms with E-state index in [-0.39, 0.29) is 12.2 Å². The molecule has 254 valence electrons. The van der Waals surface area contributed by atoms with E-state index in [1.165, 1.54) is 51.4 Å². The highest BCUT2D eigenvalue weighted by Gasteiger charge is 2.22. The van der Waals surface area contributed by atoms with Gasteiger partial charge in [0, 0.05) is 26.2 Å². The number of carbonyl (C=O) groups excluding carboxylic acids is 3. The first-order chi connectivity index (χ1) is 20.0. The van der Waals surface area contributed by atoms with Gasteiger partial charge in [0.2, 0.25) is 0 Å². The molecule has 0 aromatic rings. The van der Waals surface area contributed by atoms with Gasteiger partial charge in [0.25, 0.3) is 0 Å². The molecule has 0 saturated carbocycles. The second-order valence-electron chi connectivity index (χ2n) is 14.3. The smallest absolute Gasteiger partial charge is 0.410 e. The second kappa shape index (κ2) is 22.3. The van der Waals surface area contributed by atoms with E-state index in [0.717, 1.165) is 32.4 Å². The van der Waals surface area contributed by atoms with Crippen LogP contribution in [0.2, 0.25) is 0 Å². The van der Waals surface area contributed by atoms with E-state index in [2.05, 4.69) is 16.0 Å². The Morgan fingerprint density at radius 1 is 0.465 bits per heavy atom. The first-order valence-corrected chi connectivity index (χ1v) is 16.6. The van der Waals surface area contributed by atoms with Gasteiger partial charge in [-0.05, 0) is 101 Å². The zero-order valence-corrected chi connectivity index (χ0v) is 29.1. The highest BCUT2D eigenvalue weighted by Crippen LogP contribution is 2.14. The molecule has 0 fully saturated rings. The topological polar surface area (TPSA) is 118 Å². The molecule has 0 atom stereocenters. The number of alkyl carbamates (subject to hydrolysis) is 2. The van der Waals surface area contributed by atoms with Crippen LogP contribution in [-0.4, -0.2) is 79.3 Å². The normalized spacial score (nSPS) is 12.0. The molecule has 0 rings (SSSR count). The minimum absolute atomic E-state index is 0.296. The molecule has 0 aliphatic carbocycles. The lowest BCUT2D eigenvalue weighted by atomic mass is 10.1. The van der Waals surface area contributed by atoms with E-state index in [1.54, 1.807) is 4.90 Å². The van der Waals surface area contributed by atoms with Gasteiger partial charge in [-0.1, -0.05) is 51.4 Å². The highest BCUT2D eigenvalue weighted by atomic mass is 16.6. The molecule has 3 amide bonds. The van der Waals surface area contributed by atoms with Gasteiger partial charge >= 0.3 is 18.3 Å². The minimum atomic E-state index is -0.539. The predicted molar refractivity (Wildman–Crippen MR) is 175 cm³/mol. The number of rotatable bonds is 21. The molecule has 0 unspecified atom stereocenters. The molecule has 43 heavy (non-hydrogen) atoms. The second-order valence-corrected chi connectivity index (χ2v) is 14.3. The van der Waals surface area contributed by atoms with Crippen molar-refractivity contribution in [2.45, 2.75) is 156 Å². The van der Waals surface area contributed by atoms with Crippen molar-refractivity contribution in [2.24, 2.45) is 0 Å². The molecule has 0 saturated heterocycles. The van der Waals surface area contributed by atoms with Gasteiger partial charge in [0.15, 0.2) is 0 Å². The van der Waals surface area contributed by atoms with E-state index in [1.807, 2.05) is 62.3 Å². The first kappa shape index (κ1) is 40.8. The van der Waals surface area contributed by atoms with E-state index < -0.39 is 22.9 Å². The SMILES string of the molecule is CC(C)(C)OC(=O)NCCCNCCCCCCCCCCCCN(CCCNC(=O)OC(C)(C)C)C(=O)OC(C)(C)C. The van der Waals surface area contributed by atoms with Crippen LogP contribution >= 0.6 is 0 Å². The molecule has 0 radical (unpaired) electrons. The number of nitrogens with one attached hydrogen (secondary N) is 3. The number of hydrogen-bond acceptors (Lipinski definition) is 7. The summed E-state index contributed by atoms with van der Waals surface area (Å²) in [5.41, 5.74) is -1.53. The fourth-order valence-corrected chi connectivity index (χ4v) is 4.21. The van der Waals surface area contributed by atoms with Crippen molar-refractivity contribution >= 4 is 18.3 Å². The third-order valence-corrected chi connectivity index (χ3v) is 6.15.